The van der Waals surface area contributed by atoms with E-state index in [1.54, 1.807) is 7.11 Å². The molecule has 0 radical (unpaired) electrons. The van der Waals surface area contributed by atoms with Gasteiger partial charge in [0.25, 0.3) is 0 Å². The number of benzene rings is 1. The number of nitrogens with one attached hydrogen (secondary N) is 1. The predicted molar refractivity (Wildman–Crippen MR) is 70.3 cm³/mol. The highest BCUT2D eigenvalue weighted by atomic mass is 16.5. The van der Waals surface area contributed by atoms with Gasteiger partial charge in [-0.1, -0.05) is 19.4 Å². The minimum atomic E-state index is 0.107. The van der Waals surface area contributed by atoms with Crippen LogP contribution >= 0.6 is 0 Å². The normalized spacial score (nSPS) is 11.3. The molecule has 0 saturated heterocycles. The Bertz CT molecular complexity index is 345. The van der Waals surface area contributed by atoms with E-state index in [4.69, 9.17) is 4.74 Å². The van der Waals surface area contributed by atoms with Gasteiger partial charge in [0.1, 0.15) is 5.75 Å². The number of rotatable bonds is 5. The first kappa shape index (κ1) is 12.9. The number of hydrogen-bond acceptors (Lipinski definition) is 2. The topological polar surface area (TPSA) is 21.3 Å². The molecule has 90 valence electrons. The Hall–Kier alpha value is -1.18. The fraction of sp³-hybridized carbons (Fsp3) is 0.571. The Morgan fingerprint density at radius 1 is 1.31 bits per heavy atom. The third-order valence-electron chi connectivity index (χ3n) is 2.70. The first-order chi connectivity index (χ1) is 7.48. The van der Waals surface area contributed by atoms with Crippen molar-refractivity contribution >= 4 is 5.69 Å². The second-order valence-electron chi connectivity index (χ2n) is 4.96. The summed E-state index contributed by atoms with van der Waals surface area (Å²) in [5.74, 6) is 0.912. The summed E-state index contributed by atoms with van der Waals surface area (Å²) in [6.07, 6.45) is 2.32. The maximum atomic E-state index is 5.36. The van der Waals surface area contributed by atoms with Gasteiger partial charge in [-0.05, 0) is 44.9 Å². The SMILES string of the molecule is CCCC(C)(C)Nc1cc(C)ccc1OC. The molecule has 0 unspecified atom stereocenters. The molecular formula is C14H23NO. The van der Waals surface area contributed by atoms with Crippen molar-refractivity contribution < 1.29 is 4.74 Å². The van der Waals surface area contributed by atoms with Crippen molar-refractivity contribution in [1.82, 2.24) is 0 Å². The van der Waals surface area contributed by atoms with E-state index in [9.17, 15) is 0 Å². The average molecular weight is 221 g/mol. The highest BCUT2D eigenvalue weighted by Crippen LogP contribution is 2.29. The van der Waals surface area contributed by atoms with Crippen LogP contribution in [0.5, 0.6) is 5.75 Å². The molecule has 2 nitrogen and oxygen atoms in total. The number of hydrogen-bond donors (Lipinski definition) is 1. The van der Waals surface area contributed by atoms with Crippen LogP contribution in [0.3, 0.4) is 0 Å². The molecule has 0 aromatic heterocycles. The Morgan fingerprint density at radius 2 is 2.00 bits per heavy atom. The quantitative estimate of drug-likeness (QED) is 0.811. The molecule has 0 spiro atoms. The molecule has 0 atom stereocenters. The van der Waals surface area contributed by atoms with Gasteiger partial charge in [-0.2, -0.15) is 0 Å². The van der Waals surface area contributed by atoms with Gasteiger partial charge in [0, 0.05) is 5.54 Å². The Kier molecular flexibility index (Phi) is 4.22. The molecule has 0 aliphatic heterocycles. The molecule has 1 N–H and O–H groups in total. The molecule has 0 bridgehead atoms. The molecule has 2 heteroatoms. The second-order valence-corrected chi connectivity index (χ2v) is 4.96. The van der Waals surface area contributed by atoms with Crippen LogP contribution in [-0.2, 0) is 0 Å². The van der Waals surface area contributed by atoms with Crippen LogP contribution in [-0.4, -0.2) is 12.6 Å². The van der Waals surface area contributed by atoms with Crippen molar-refractivity contribution in [3.63, 3.8) is 0 Å². The standard InChI is InChI=1S/C14H23NO/c1-6-9-14(3,4)15-12-10-11(2)7-8-13(12)16-5/h7-8,10,15H,6,9H2,1-5H3. The lowest BCUT2D eigenvalue weighted by Crippen LogP contribution is -2.30. The molecule has 0 aliphatic rings. The zero-order valence-corrected chi connectivity index (χ0v) is 11.1. The van der Waals surface area contributed by atoms with Crippen molar-refractivity contribution in [1.29, 1.82) is 0 Å². The molecular weight excluding hydrogens is 198 g/mol. The minimum Gasteiger partial charge on any atom is -0.495 e. The van der Waals surface area contributed by atoms with Crippen LogP contribution in [0.25, 0.3) is 0 Å². The molecule has 0 fully saturated rings. The largest absolute Gasteiger partial charge is 0.495 e. The molecule has 16 heavy (non-hydrogen) atoms. The van der Waals surface area contributed by atoms with E-state index < -0.39 is 0 Å². The van der Waals surface area contributed by atoms with E-state index in [0.29, 0.717) is 0 Å². The molecule has 0 saturated carbocycles. The van der Waals surface area contributed by atoms with Gasteiger partial charge in [0.05, 0.1) is 12.8 Å². The van der Waals surface area contributed by atoms with Crippen LogP contribution in [0.4, 0.5) is 5.69 Å². The van der Waals surface area contributed by atoms with Crippen molar-refractivity contribution in [2.75, 3.05) is 12.4 Å². The minimum absolute atomic E-state index is 0.107. The van der Waals surface area contributed by atoms with E-state index in [1.165, 1.54) is 12.0 Å². The maximum Gasteiger partial charge on any atom is 0.141 e. The van der Waals surface area contributed by atoms with Gasteiger partial charge in [-0.15, -0.1) is 0 Å². The van der Waals surface area contributed by atoms with Gasteiger partial charge in [-0.3, -0.25) is 0 Å². The molecule has 0 aliphatic carbocycles. The summed E-state index contributed by atoms with van der Waals surface area (Å²) >= 11 is 0. The summed E-state index contributed by atoms with van der Waals surface area (Å²) in [5, 5.41) is 3.55. The van der Waals surface area contributed by atoms with Crippen LogP contribution < -0.4 is 10.1 Å². The van der Waals surface area contributed by atoms with Crippen LogP contribution in [0, 0.1) is 6.92 Å². The highest BCUT2D eigenvalue weighted by Gasteiger charge is 2.17. The van der Waals surface area contributed by atoms with E-state index >= 15 is 0 Å². The number of methoxy groups -OCH3 is 1. The second kappa shape index (κ2) is 5.24. The Balaban J connectivity index is 2.90. The molecule has 1 aromatic rings. The van der Waals surface area contributed by atoms with Crippen molar-refractivity contribution in [3.05, 3.63) is 23.8 Å². The fourth-order valence-corrected chi connectivity index (χ4v) is 1.97. The van der Waals surface area contributed by atoms with E-state index in [2.05, 4.69) is 45.1 Å². The molecule has 0 amide bonds. The zero-order valence-electron chi connectivity index (χ0n) is 11.1. The van der Waals surface area contributed by atoms with Gasteiger partial charge < -0.3 is 10.1 Å². The monoisotopic (exact) mass is 221 g/mol. The average Bonchev–Trinajstić information content (AvgIpc) is 2.17. The van der Waals surface area contributed by atoms with Crippen LogP contribution in [0.2, 0.25) is 0 Å². The lowest BCUT2D eigenvalue weighted by atomic mass is 9.98. The van der Waals surface area contributed by atoms with Crippen LogP contribution in [0.15, 0.2) is 18.2 Å². The number of ether oxygens (including phenoxy) is 1. The number of aryl methyl sites for hydroxylation is 1. The van der Waals surface area contributed by atoms with Gasteiger partial charge in [0.15, 0.2) is 0 Å². The van der Waals surface area contributed by atoms with E-state index in [0.717, 1.165) is 17.9 Å². The summed E-state index contributed by atoms with van der Waals surface area (Å²) in [6.45, 7) is 8.74. The number of anilines is 1. The van der Waals surface area contributed by atoms with Gasteiger partial charge in [0.2, 0.25) is 0 Å². The van der Waals surface area contributed by atoms with Gasteiger partial charge >= 0.3 is 0 Å². The lowest BCUT2D eigenvalue weighted by Gasteiger charge is -2.28. The molecule has 0 heterocycles. The summed E-state index contributed by atoms with van der Waals surface area (Å²) < 4.78 is 5.36. The smallest absolute Gasteiger partial charge is 0.141 e. The Labute approximate surface area is 99.0 Å². The molecule has 1 rings (SSSR count). The first-order valence-corrected chi connectivity index (χ1v) is 5.91. The van der Waals surface area contributed by atoms with Crippen molar-refractivity contribution in [3.8, 4) is 5.75 Å². The summed E-state index contributed by atoms with van der Waals surface area (Å²) in [5.41, 5.74) is 2.44. The summed E-state index contributed by atoms with van der Waals surface area (Å²) in [6, 6.07) is 6.22. The van der Waals surface area contributed by atoms with Crippen molar-refractivity contribution in [2.45, 2.75) is 46.1 Å². The predicted octanol–water partition coefficient (Wildman–Crippen LogP) is 3.99. The Morgan fingerprint density at radius 3 is 2.56 bits per heavy atom. The first-order valence-electron chi connectivity index (χ1n) is 5.91. The molecule has 1 aromatic carbocycles. The summed E-state index contributed by atoms with van der Waals surface area (Å²) in [4.78, 5) is 0. The third-order valence-corrected chi connectivity index (χ3v) is 2.70. The third kappa shape index (κ3) is 3.44. The van der Waals surface area contributed by atoms with E-state index in [-0.39, 0.29) is 5.54 Å². The zero-order chi connectivity index (χ0) is 12.2. The van der Waals surface area contributed by atoms with Crippen LogP contribution in [0.1, 0.15) is 39.2 Å². The maximum absolute atomic E-state index is 5.36. The van der Waals surface area contributed by atoms with Crippen molar-refractivity contribution in [2.24, 2.45) is 0 Å². The summed E-state index contributed by atoms with van der Waals surface area (Å²) in [7, 11) is 1.71. The highest BCUT2D eigenvalue weighted by molar-refractivity contribution is 5.59. The lowest BCUT2D eigenvalue weighted by molar-refractivity contribution is 0.413. The van der Waals surface area contributed by atoms with Gasteiger partial charge in [-0.25, -0.2) is 0 Å². The van der Waals surface area contributed by atoms with E-state index in [1.807, 2.05) is 6.07 Å². The fourth-order valence-electron chi connectivity index (χ4n) is 1.97.